The van der Waals surface area contributed by atoms with Gasteiger partial charge >= 0.3 is 18.1 Å². The smallest absolute Gasteiger partial charge is 0.471 e. The van der Waals surface area contributed by atoms with Crippen LogP contribution in [-0.4, -0.2) is 35.8 Å². The van der Waals surface area contributed by atoms with E-state index in [1.54, 1.807) is 30.3 Å². The molecular weight excluding hydrogens is 279 g/mol. The predicted octanol–water partition coefficient (Wildman–Crippen LogP) is 1.33. The summed E-state index contributed by atoms with van der Waals surface area (Å²) >= 11 is 0. The molecule has 0 saturated carbocycles. The van der Waals surface area contributed by atoms with Crippen molar-refractivity contribution in [3.63, 3.8) is 0 Å². The molecule has 0 aliphatic heterocycles. The van der Waals surface area contributed by atoms with E-state index in [2.05, 4.69) is 0 Å². The van der Waals surface area contributed by atoms with Gasteiger partial charge in [0.2, 0.25) is 0 Å². The summed E-state index contributed by atoms with van der Waals surface area (Å²) in [7, 11) is 0. The maximum absolute atomic E-state index is 12.0. The minimum absolute atomic E-state index is 0.0342. The molecular formula is C12H12F3NO4. The second-order valence-corrected chi connectivity index (χ2v) is 3.86. The number of rotatable bonds is 6. The SMILES string of the molecule is O=C(O)[C@H](COCc1ccccc1)NC(=O)C(F)(F)F. The molecule has 0 radical (unpaired) electrons. The summed E-state index contributed by atoms with van der Waals surface area (Å²) in [5.74, 6) is -3.91. The van der Waals surface area contributed by atoms with Crippen LogP contribution in [0.5, 0.6) is 0 Å². The van der Waals surface area contributed by atoms with Gasteiger partial charge in [0.05, 0.1) is 13.2 Å². The zero-order chi connectivity index (χ0) is 15.2. The fraction of sp³-hybridized carbons (Fsp3) is 0.333. The van der Waals surface area contributed by atoms with Gasteiger partial charge in [-0.25, -0.2) is 4.79 Å². The molecule has 0 aromatic heterocycles. The Morgan fingerprint density at radius 3 is 2.35 bits per heavy atom. The molecule has 1 aromatic rings. The lowest BCUT2D eigenvalue weighted by atomic mass is 10.2. The Kier molecular flexibility index (Phi) is 5.51. The van der Waals surface area contributed by atoms with Crippen LogP contribution in [0.4, 0.5) is 13.2 Å². The van der Waals surface area contributed by atoms with Crippen molar-refractivity contribution in [3.8, 4) is 0 Å². The summed E-state index contributed by atoms with van der Waals surface area (Å²) in [6, 6.07) is 6.91. The molecule has 0 saturated heterocycles. The molecule has 0 aliphatic carbocycles. The third-order valence-corrected chi connectivity index (χ3v) is 2.26. The molecule has 5 nitrogen and oxygen atoms in total. The highest BCUT2D eigenvalue weighted by Crippen LogP contribution is 2.14. The van der Waals surface area contributed by atoms with Gasteiger partial charge in [-0.2, -0.15) is 13.2 Å². The standard InChI is InChI=1S/C12H12F3NO4/c13-12(14,15)11(19)16-9(10(17)18)7-20-6-8-4-2-1-3-5-8/h1-5,9H,6-7H2,(H,16,19)(H,17,18)/t9-/m0/s1. The van der Waals surface area contributed by atoms with Crippen LogP contribution in [0.1, 0.15) is 5.56 Å². The predicted molar refractivity (Wildman–Crippen MR) is 61.7 cm³/mol. The molecule has 1 amide bonds. The molecule has 2 N–H and O–H groups in total. The summed E-state index contributed by atoms with van der Waals surface area (Å²) < 4.78 is 41.0. The quantitative estimate of drug-likeness (QED) is 0.829. The van der Waals surface area contributed by atoms with E-state index in [-0.39, 0.29) is 6.61 Å². The van der Waals surface area contributed by atoms with Crippen molar-refractivity contribution in [1.82, 2.24) is 5.32 Å². The molecule has 1 atom stereocenters. The number of nitrogens with one attached hydrogen (secondary N) is 1. The fourth-order valence-electron chi connectivity index (χ4n) is 1.28. The van der Waals surface area contributed by atoms with Gasteiger partial charge in [-0.15, -0.1) is 0 Å². The number of carboxylic acids is 1. The molecule has 0 fully saturated rings. The van der Waals surface area contributed by atoms with Crippen molar-refractivity contribution in [2.45, 2.75) is 18.8 Å². The summed E-state index contributed by atoms with van der Waals surface area (Å²) in [5, 5.41) is 10.1. The number of halogens is 3. The molecule has 0 spiro atoms. The van der Waals surface area contributed by atoms with E-state index in [9.17, 15) is 22.8 Å². The average Bonchev–Trinajstić information content (AvgIpc) is 2.37. The summed E-state index contributed by atoms with van der Waals surface area (Å²) in [6.07, 6.45) is -5.13. The zero-order valence-electron chi connectivity index (χ0n) is 10.2. The van der Waals surface area contributed by atoms with E-state index < -0.39 is 30.7 Å². The molecule has 1 rings (SSSR count). The van der Waals surface area contributed by atoms with Crippen LogP contribution in [0.25, 0.3) is 0 Å². The van der Waals surface area contributed by atoms with Gasteiger partial charge in [-0.1, -0.05) is 30.3 Å². The highest BCUT2D eigenvalue weighted by atomic mass is 19.4. The van der Waals surface area contributed by atoms with E-state index in [0.29, 0.717) is 0 Å². The lowest BCUT2D eigenvalue weighted by molar-refractivity contribution is -0.176. The maximum Gasteiger partial charge on any atom is 0.471 e. The van der Waals surface area contributed by atoms with Crippen molar-refractivity contribution >= 4 is 11.9 Å². The number of ether oxygens (including phenoxy) is 1. The van der Waals surface area contributed by atoms with Crippen LogP contribution in [-0.2, 0) is 20.9 Å². The number of carboxylic acid groups (broad SMARTS) is 1. The number of hydrogen-bond donors (Lipinski definition) is 2. The number of alkyl halides is 3. The zero-order valence-corrected chi connectivity index (χ0v) is 10.2. The normalized spacial score (nSPS) is 12.8. The fourth-order valence-corrected chi connectivity index (χ4v) is 1.28. The first-order valence-corrected chi connectivity index (χ1v) is 5.53. The molecule has 110 valence electrons. The minimum atomic E-state index is -5.13. The molecule has 8 heteroatoms. The Hall–Kier alpha value is -2.09. The van der Waals surface area contributed by atoms with Crippen LogP contribution in [0, 0.1) is 0 Å². The van der Waals surface area contributed by atoms with Crippen LogP contribution in [0.2, 0.25) is 0 Å². The number of benzene rings is 1. The monoisotopic (exact) mass is 291 g/mol. The maximum atomic E-state index is 12.0. The van der Waals surface area contributed by atoms with Gasteiger partial charge in [0.15, 0.2) is 6.04 Å². The summed E-state index contributed by atoms with van der Waals surface area (Å²) in [4.78, 5) is 21.4. The van der Waals surface area contributed by atoms with Crippen LogP contribution in [0.3, 0.4) is 0 Å². The Bertz CT molecular complexity index is 462. The van der Waals surface area contributed by atoms with Gasteiger partial charge < -0.3 is 15.2 Å². The molecule has 0 aliphatic rings. The third kappa shape index (κ3) is 5.27. The van der Waals surface area contributed by atoms with E-state index >= 15 is 0 Å². The Morgan fingerprint density at radius 1 is 1.25 bits per heavy atom. The van der Waals surface area contributed by atoms with E-state index in [4.69, 9.17) is 9.84 Å². The Morgan fingerprint density at radius 2 is 1.85 bits per heavy atom. The largest absolute Gasteiger partial charge is 0.480 e. The lowest BCUT2D eigenvalue weighted by Gasteiger charge is -2.15. The van der Waals surface area contributed by atoms with Gasteiger partial charge in [-0.3, -0.25) is 4.79 Å². The van der Waals surface area contributed by atoms with Gasteiger partial charge in [0.25, 0.3) is 0 Å². The highest BCUT2D eigenvalue weighted by Gasteiger charge is 2.40. The first kappa shape index (κ1) is 16.0. The molecule has 1 aromatic carbocycles. The second kappa shape index (κ2) is 6.90. The number of carbonyl (C=O) groups excluding carboxylic acids is 1. The summed E-state index contributed by atoms with van der Waals surface area (Å²) in [5.41, 5.74) is 0.735. The van der Waals surface area contributed by atoms with Crippen LogP contribution >= 0.6 is 0 Å². The second-order valence-electron chi connectivity index (χ2n) is 3.86. The highest BCUT2D eigenvalue weighted by molar-refractivity contribution is 5.86. The van der Waals surface area contributed by atoms with E-state index in [1.807, 2.05) is 0 Å². The number of hydrogen-bond acceptors (Lipinski definition) is 3. The van der Waals surface area contributed by atoms with E-state index in [0.717, 1.165) is 5.56 Å². The summed E-state index contributed by atoms with van der Waals surface area (Å²) in [6.45, 7) is -0.529. The number of amides is 1. The third-order valence-electron chi connectivity index (χ3n) is 2.26. The van der Waals surface area contributed by atoms with Crippen molar-refractivity contribution in [3.05, 3.63) is 35.9 Å². The molecule has 0 unspecified atom stereocenters. The van der Waals surface area contributed by atoms with Crippen molar-refractivity contribution in [1.29, 1.82) is 0 Å². The Labute approximate surface area is 112 Å². The van der Waals surface area contributed by atoms with Crippen molar-refractivity contribution < 1.29 is 32.6 Å². The lowest BCUT2D eigenvalue weighted by Crippen LogP contribution is -2.49. The van der Waals surface area contributed by atoms with Gasteiger partial charge in [0, 0.05) is 0 Å². The first-order chi connectivity index (χ1) is 9.30. The minimum Gasteiger partial charge on any atom is -0.480 e. The van der Waals surface area contributed by atoms with Crippen molar-refractivity contribution in [2.75, 3.05) is 6.61 Å². The average molecular weight is 291 g/mol. The van der Waals surface area contributed by atoms with Crippen molar-refractivity contribution in [2.24, 2.45) is 0 Å². The van der Waals surface area contributed by atoms with E-state index in [1.165, 1.54) is 5.32 Å². The molecule has 0 heterocycles. The molecule has 20 heavy (non-hydrogen) atoms. The van der Waals surface area contributed by atoms with Crippen LogP contribution < -0.4 is 5.32 Å². The Balaban J connectivity index is 2.48. The van der Waals surface area contributed by atoms with Gasteiger partial charge in [0.1, 0.15) is 0 Å². The molecule has 0 bridgehead atoms. The van der Waals surface area contributed by atoms with Crippen LogP contribution in [0.15, 0.2) is 30.3 Å². The number of aliphatic carboxylic acids is 1. The number of carbonyl (C=O) groups is 2. The first-order valence-electron chi connectivity index (χ1n) is 5.53. The van der Waals surface area contributed by atoms with Gasteiger partial charge in [-0.05, 0) is 5.56 Å². The topological polar surface area (TPSA) is 75.6 Å².